The molecule has 0 saturated carbocycles. The first-order valence-electron chi connectivity index (χ1n) is 11.1. The number of halogens is 2. The van der Waals surface area contributed by atoms with Crippen LogP contribution in [0.3, 0.4) is 0 Å². The fourth-order valence-electron chi connectivity index (χ4n) is 3.98. The van der Waals surface area contributed by atoms with Crippen molar-refractivity contribution in [2.75, 3.05) is 0 Å². The minimum absolute atomic E-state index is 0.280. The van der Waals surface area contributed by atoms with Gasteiger partial charge in [0.2, 0.25) is 0 Å². The van der Waals surface area contributed by atoms with Gasteiger partial charge in [-0.05, 0) is 53.6 Å². The molecule has 0 aliphatic heterocycles. The van der Waals surface area contributed by atoms with Crippen molar-refractivity contribution in [2.24, 2.45) is 0 Å². The van der Waals surface area contributed by atoms with Gasteiger partial charge in [0.05, 0.1) is 17.4 Å². The van der Waals surface area contributed by atoms with E-state index in [1.807, 2.05) is 60.7 Å². The highest BCUT2D eigenvalue weighted by Gasteiger charge is 2.23. The zero-order valence-corrected chi connectivity index (χ0v) is 19.4. The van der Waals surface area contributed by atoms with Crippen molar-refractivity contribution < 1.29 is 9.18 Å². The van der Waals surface area contributed by atoms with E-state index in [2.05, 4.69) is 10.4 Å². The molecule has 1 heterocycles. The molecule has 0 bridgehead atoms. The maximum absolute atomic E-state index is 14.6. The number of amides is 1. The number of carbonyl (C=O) groups is 1. The highest BCUT2D eigenvalue weighted by Crippen LogP contribution is 2.27. The molecule has 1 amide bonds. The standard InChI is InChI=1S/C29H21ClFN3O/c30-22-15-17-23(18-16-22)34-27(19-26(33-34)24-13-7-8-14-25(24)31)29(35)32-28(20-9-3-1-4-10-20)21-11-5-2-6-12-21/h1-19,28H,(H,32,35). The molecule has 0 radical (unpaired) electrons. The largest absolute Gasteiger partial charge is 0.340 e. The summed E-state index contributed by atoms with van der Waals surface area (Å²) in [6.07, 6.45) is 0. The van der Waals surface area contributed by atoms with Gasteiger partial charge in [0.15, 0.2) is 0 Å². The molecule has 4 aromatic carbocycles. The Morgan fingerprint density at radius 2 is 1.37 bits per heavy atom. The molecule has 0 atom stereocenters. The smallest absolute Gasteiger partial charge is 0.270 e. The number of carbonyl (C=O) groups excluding carboxylic acids is 1. The molecule has 0 aliphatic carbocycles. The van der Waals surface area contributed by atoms with Crippen LogP contribution in [-0.4, -0.2) is 15.7 Å². The lowest BCUT2D eigenvalue weighted by Crippen LogP contribution is -2.31. The zero-order chi connectivity index (χ0) is 24.2. The maximum atomic E-state index is 14.6. The van der Waals surface area contributed by atoms with Gasteiger partial charge in [-0.3, -0.25) is 4.79 Å². The number of nitrogens with zero attached hydrogens (tertiary/aromatic N) is 2. The Labute approximate surface area is 207 Å². The molecular weight excluding hydrogens is 461 g/mol. The molecule has 172 valence electrons. The third-order valence-corrected chi connectivity index (χ3v) is 5.96. The van der Waals surface area contributed by atoms with E-state index in [-0.39, 0.29) is 17.6 Å². The fourth-order valence-corrected chi connectivity index (χ4v) is 4.10. The normalized spacial score (nSPS) is 10.9. The van der Waals surface area contributed by atoms with Gasteiger partial charge in [-0.25, -0.2) is 9.07 Å². The minimum atomic E-state index is -0.410. The van der Waals surface area contributed by atoms with Crippen molar-refractivity contribution in [1.29, 1.82) is 0 Å². The van der Waals surface area contributed by atoms with Crippen LogP contribution in [0.1, 0.15) is 27.7 Å². The van der Waals surface area contributed by atoms with E-state index in [1.54, 1.807) is 48.5 Å². The number of hydrogen-bond acceptors (Lipinski definition) is 2. The van der Waals surface area contributed by atoms with Crippen molar-refractivity contribution >= 4 is 17.5 Å². The molecule has 0 fully saturated rings. The van der Waals surface area contributed by atoms with Gasteiger partial charge in [-0.15, -0.1) is 0 Å². The van der Waals surface area contributed by atoms with Crippen molar-refractivity contribution in [1.82, 2.24) is 15.1 Å². The van der Waals surface area contributed by atoms with Crippen LogP contribution in [0, 0.1) is 5.82 Å². The van der Waals surface area contributed by atoms with Crippen LogP contribution < -0.4 is 5.32 Å². The third kappa shape index (κ3) is 4.86. The Kier molecular flexibility index (Phi) is 6.42. The second-order valence-corrected chi connectivity index (χ2v) is 8.45. The zero-order valence-electron chi connectivity index (χ0n) is 18.6. The lowest BCUT2D eigenvalue weighted by atomic mass is 9.98. The van der Waals surface area contributed by atoms with Crippen LogP contribution in [0.15, 0.2) is 115 Å². The van der Waals surface area contributed by atoms with Crippen LogP contribution in [0.25, 0.3) is 16.9 Å². The molecule has 1 N–H and O–H groups in total. The first-order valence-corrected chi connectivity index (χ1v) is 11.5. The summed E-state index contributed by atoms with van der Waals surface area (Å²) in [5.41, 5.74) is 3.48. The Hall–Kier alpha value is -4.22. The van der Waals surface area contributed by atoms with Gasteiger partial charge in [0.25, 0.3) is 5.91 Å². The fraction of sp³-hybridized carbons (Fsp3) is 0.0345. The van der Waals surface area contributed by atoms with E-state index in [4.69, 9.17) is 11.6 Å². The lowest BCUT2D eigenvalue weighted by Gasteiger charge is -2.20. The molecular formula is C29H21ClFN3O. The number of hydrogen-bond donors (Lipinski definition) is 1. The van der Waals surface area contributed by atoms with Crippen LogP contribution in [0.5, 0.6) is 0 Å². The number of rotatable bonds is 6. The molecule has 35 heavy (non-hydrogen) atoms. The summed E-state index contributed by atoms with van der Waals surface area (Å²) >= 11 is 6.07. The van der Waals surface area contributed by atoms with Crippen LogP contribution in [0.4, 0.5) is 4.39 Å². The van der Waals surface area contributed by atoms with Gasteiger partial charge in [-0.2, -0.15) is 5.10 Å². The van der Waals surface area contributed by atoms with E-state index in [0.717, 1.165) is 11.1 Å². The quantitative estimate of drug-likeness (QED) is 0.288. The summed E-state index contributed by atoms with van der Waals surface area (Å²) in [6, 6.07) is 34.1. The monoisotopic (exact) mass is 481 g/mol. The van der Waals surface area contributed by atoms with Crippen LogP contribution >= 0.6 is 11.6 Å². The number of nitrogens with one attached hydrogen (secondary N) is 1. The van der Waals surface area contributed by atoms with Crippen molar-refractivity contribution in [3.63, 3.8) is 0 Å². The van der Waals surface area contributed by atoms with Gasteiger partial charge in [0, 0.05) is 10.6 Å². The van der Waals surface area contributed by atoms with E-state index >= 15 is 0 Å². The van der Waals surface area contributed by atoms with Crippen LogP contribution in [-0.2, 0) is 0 Å². The summed E-state index contributed by atoms with van der Waals surface area (Å²) in [5.74, 6) is -0.751. The predicted molar refractivity (Wildman–Crippen MR) is 136 cm³/mol. The maximum Gasteiger partial charge on any atom is 0.270 e. The summed E-state index contributed by atoms with van der Waals surface area (Å²) in [7, 11) is 0. The second kappa shape index (κ2) is 9.95. The lowest BCUT2D eigenvalue weighted by molar-refractivity contribution is 0.0935. The highest BCUT2D eigenvalue weighted by atomic mass is 35.5. The Morgan fingerprint density at radius 1 is 0.800 bits per heavy atom. The average Bonchev–Trinajstić information content (AvgIpc) is 3.34. The SMILES string of the molecule is O=C(NC(c1ccccc1)c1ccccc1)c1cc(-c2ccccc2F)nn1-c1ccc(Cl)cc1. The Morgan fingerprint density at radius 3 is 1.97 bits per heavy atom. The third-order valence-electron chi connectivity index (χ3n) is 5.70. The van der Waals surface area contributed by atoms with E-state index < -0.39 is 5.82 Å². The average molecular weight is 482 g/mol. The van der Waals surface area contributed by atoms with Gasteiger partial charge < -0.3 is 5.32 Å². The second-order valence-electron chi connectivity index (χ2n) is 8.01. The van der Waals surface area contributed by atoms with Gasteiger partial charge in [-0.1, -0.05) is 84.4 Å². The highest BCUT2D eigenvalue weighted by molar-refractivity contribution is 6.30. The molecule has 6 heteroatoms. The van der Waals surface area contributed by atoms with E-state index in [1.165, 1.54) is 10.7 Å². The molecule has 5 aromatic rings. The Balaban J connectivity index is 1.58. The summed E-state index contributed by atoms with van der Waals surface area (Å²) in [6.45, 7) is 0. The number of benzene rings is 4. The summed E-state index contributed by atoms with van der Waals surface area (Å²) < 4.78 is 16.1. The van der Waals surface area contributed by atoms with Crippen molar-refractivity contribution in [2.45, 2.75) is 6.04 Å². The minimum Gasteiger partial charge on any atom is -0.340 e. The number of aromatic nitrogens is 2. The molecule has 4 nitrogen and oxygen atoms in total. The van der Waals surface area contributed by atoms with E-state index in [9.17, 15) is 9.18 Å². The first-order chi connectivity index (χ1) is 17.1. The molecule has 0 spiro atoms. The molecule has 0 unspecified atom stereocenters. The van der Waals surface area contributed by atoms with E-state index in [0.29, 0.717) is 22.0 Å². The molecule has 0 saturated heterocycles. The predicted octanol–water partition coefficient (Wildman–Crippen LogP) is 6.85. The van der Waals surface area contributed by atoms with Gasteiger partial charge in [0.1, 0.15) is 11.5 Å². The van der Waals surface area contributed by atoms with Crippen molar-refractivity contribution in [3.05, 3.63) is 143 Å². The molecule has 1 aromatic heterocycles. The van der Waals surface area contributed by atoms with Crippen LogP contribution in [0.2, 0.25) is 5.02 Å². The Bertz CT molecular complexity index is 1410. The molecule has 5 rings (SSSR count). The topological polar surface area (TPSA) is 46.9 Å². The van der Waals surface area contributed by atoms with Crippen molar-refractivity contribution in [3.8, 4) is 16.9 Å². The molecule has 0 aliphatic rings. The summed E-state index contributed by atoms with van der Waals surface area (Å²) in [4.78, 5) is 13.7. The first kappa shape index (κ1) is 22.6. The summed E-state index contributed by atoms with van der Waals surface area (Å²) in [5, 5.41) is 8.30. The van der Waals surface area contributed by atoms with Gasteiger partial charge >= 0.3 is 0 Å².